The van der Waals surface area contributed by atoms with Crippen molar-refractivity contribution in [2.45, 2.75) is 25.8 Å². The Labute approximate surface area is 162 Å². The summed E-state index contributed by atoms with van der Waals surface area (Å²) in [5.41, 5.74) is 2.44. The molecule has 0 N–H and O–H groups in total. The standard InChI is InChI=1S/C21H21FN4O2/c1-15-11-17(26-14-23-13-24-26)6-9-20(15)21(27)25-10-2-3-18(25)12-28-19-7-4-16(22)5-8-19/h4-9,11,13-14,18H,2-3,10,12H2,1H3/t18-/m1/s1. The fourth-order valence-electron chi connectivity index (χ4n) is 3.53. The molecule has 0 aliphatic carbocycles. The molecule has 0 bridgehead atoms. The summed E-state index contributed by atoms with van der Waals surface area (Å²) in [5, 5.41) is 4.12. The van der Waals surface area contributed by atoms with Crippen molar-refractivity contribution in [1.82, 2.24) is 19.7 Å². The Balaban J connectivity index is 1.46. The minimum Gasteiger partial charge on any atom is -0.491 e. The first-order valence-corrected chi connectivity index (χ1v) is 9.27. The van der Waals surface area contributed by atoms with E-state index in [1.807, 2.05) is 30.0 Å². The van der Waals surface area contributed by atoms with Crippen LogP contribution in [0.2, 0.25) is 0 Å². The molecule has 1 saturated heterocycles. The maximum atomic E-state index is 13.1. The van der Waals surface area contributed by atoms with E-state index in [2.05, 4.69) is 10.1 Å². The van der Waals surface area contributed by atoms with Gasteiger partial charge < -0.3 is 9.64 Å². The minimum atomic E-state index is -0.296. The van der Waals surface area contributed by atoms with Crippen molar-refractivity contribution in [3.05, 3.63) is 72.1 Å². The van der Waals surface area contributed by atoms with Gasteiger partial charge in [0.2, 0.25) is 0 Å². The second kappa shape index (κ2) is 7.80. The predicted molar refractivity (Wildman–Crippen MR) is 102 cm³/mol. The molecule has 6 nitrogen and oxygen atoms in total. The fourth-order valence-corrected chi connectivity index (χ4v) is 3.53. The highest BCUT2D eigenvalue weighted by atomic mass is 19.1. The van der Waals surface area contributed by atoms with Crippen LogP contribution in [-0.4, -0.2) is 44.8 Å². The van der Waals surface area contributed by atoms with Gasteiger partial charge >= 0.3 is 0 Å². The summed E-state index contributed by atoms with van der Waals surface area (Å²) in [6.45, 7) is 3.03. The normalized spacial score (nSPS) is 16.4. The lowest BCUT2D eigenvalue weighted by atomic mass is 10.1. The molecule has 28 heavy (non-hydrogen) atoms. The zero-order valence-corrected chi connectivity index (χ0v) is 15.6. The molecule has 1 aliphatic heterocycles. The molecule has 7 heteroatoms. The van der Waals surface area contributed by atoms with E-state index in [1.54, 1.807) is 23.1 Å². The number of rotatable bonds is 5. The SMILES string of the molecule is Cc1cc(-n2cncn2)ccc1C(=O)N1CCC[C@@H]1COc1ccc(F)cc1. The summed E-state index contributed by atoms with van der Waals surface area (Å²) in [7, 11) is 0. The number of hydrogen-bond donors (Lipinski definition) is 0. The first-order valence-electron chi connectivity index (χ1n) is 9.27. The number of benzene rings is 2. The molecular formula is C21H21FN4O2. The van der Waals surface area contributed by atoms with E-state index in [1.165, 1.54) is 18.5 Å². The van der Waals surface area contributed by atoms with Crippen molar-refractivity contribution in [2.24, 2.45) is 0 Å². The molecule has 3 aromatic rings. The van der Waals surface area contributed by atoms with Crippen LogP contribution in [0.4, 0.5) is 4.39 Å². The molecular weight excluding hydrogens is 359 g/mol. The average molecular weight is 380 g/mol. The van der Waals surface area contributed by atoms with Crippen molar-refractivity contribution < 1.29 is 13.9 Å². The van der Waals surface area contributed by atoms with Gasteiger partial charge in [-0.25, -0.2) is 14.1 Å². The van der Waals surface area contributed by atoms with Gasteiger partial charge in [-0.2, -0.15) is 5.10 Å². The summed E-state index contributed by atoms with van der Waals surface area (Å²) in [6, 6.07) is 11.6. The lowest BCUT2D eigenvalue weighted by molar-refractivity contribution is 0.0691. The van der Waals surface area contributed by atoms with Crippen molar-refractivity contribution >= 4 is 5.91 Å². The number of carbonyl (C=O) groups excluding carboxylic acids is 1. The Hall–Kier alpha value is -3.22. The summed E-state index contributed by atoms with van der Waals surface area (Å²) >= 11 is 0. The molecule has 0 spiro atoms. The highest BCUT2D eigenvalue weighted by Gasteiger charge is 2.30. The predicted octanol–water partition coefficient (Wildman–Crippen LogP) is 3.40. The average Bonchev–Trinajstić information content (AvgIpc) is 3.39. The Morgan fingerprint density at radius 1 is 1.25 bits per heavy atom. The minimum absolute atomic E-state index is 0.00643. The molecule has 0 saturated carbocycles. The number of halogens is 1. The lowest BCUT2D eigenvalue weighted by Crippen LogP contribution is -2.39. The molecule has 1 aromatic heterocycles. The largest absolute Gasteiger partial charge is 0.491 e. The Morgan fingerprint density at radius 3 is 2.79 bits per heavy atom. The maximum absolute atomic E-state index is 13.1. The van der Waals surface area contributed by atoms with Gasteiger partial charge in [0.15, 0.2) is 0 Å². The van der Waals surface area contributed by atoms with Gasteiger partial charge in [-0.3, -0.25) is 4.79 Å². The van der Waals surface area contributed by atoms with Crippen molar-refractivity contribution in [2.75, 3.05) is 13.2 Å². The summed E-state index contributed by atoms with van der Waals surface area (Å²) in [5.74, 6) is 0.316. The highest BCUT2D eigenvalue weighted by molar-refractivity contribution is 5.96. The first kappa shape index (κ1) is 18.2. The van der Waals surface area contributed by atoms with Gasteiger partial charge in [-0.1, -0.05) is 0 Å². The van der Waals surface area contributed by atoms with Gasteiger partial charge in [0.25, 0.3) is 5.91 Å². The van der Waals surface area contributed by atoms with Crippen LogP contribution >= 0.6 is 0 Å². The first-order chi connectivity index (χ1) is 13.6. The van der Waals surface area contributed by atoms with Crippen LogP contribution in [0.3, 0.4) is 0 Å². The number of likely N-dealkylation sites (tertiary alicyclic amines) is 1. The second-order valence-electron chi connectivity index (χ2n) is 6.90. The van der Waals surface area contributed by atoms with E-state index in [9.17, 15) is 9.18 Å². The third-order valence-corrected chi connectivity index (χ3v) is 5.02. The number of aromatic nitrogens is 3. The number of ether oxygens (including phenoxy) is 1. The molecule has 1 atom stereocenters. The van der Waals surface area contributed by atoms with E-state index >= 15 is 0 Å². The second-order valence-corrected chi connectivity index (χ2v) is 6.90. The smallest absolute Gasteiger partial charge is 0.254 e. The number of amides is 1. The van der Waals surface area contributed by atoms with Gasteiger partial charge in [0.1, 0.15) is 30.8 Å². The van der Waals surface area contributed by atoms with Crippen LogP contribution in [0, 0.1) is 12.7 Å². The van der Waals surface area contributed by atoms with E-state index < -0.39 is 0 Å². The fraction of sp³-hybridized carbons (Fsp3) is 0.286. The van der Waals surface area contributed by atoms with Gasteiger partial charge in [-0.15, -0.1) is 0 Å². The van der Waals surface area contributed by atoms with Crippen molar-refractivity contribution in [3.8, 4) is 11.4 Å². The lowest BCUT2D eigenvalue weighted by Gasteiger charge is -2.25. The summed E-state index contributed by atoms with van der Waals surface area (Å²) < 4.78 is 20.5. The summed E-state index contributed by atoms with van der Waals surface area (Å²) in [4.78, 5) is 18.9. The molecule has 4 rings (SSSR count). The van der Waals surface area contributed by atoms with Gasteiger partial charge in [0, 0.05) is 12.1 Å². The summed E-state index contributed by atoms with van der Waals surface area (Å²) in [6.07, 6.45) is 4.94. The number of nitrogens with zero attached hydrogens (tertiary/aromatic N) is 4. The molecule has 144 valence electrons. The molecule has 2 aromatic carbocycles. The Kier molecular flexibility index (Phi) is 5.06. The molecule has 0 radical (unpaired) electrons. The van der Waals surface area contributed by atoms with E-state index in [0.29, 0.717) is 24.5 Å². The van der Waals surface area contributed by atoms with Gasteiger partial charge in [0.05, 0.1) is 11.7 Å². The maximum Gasteiger partial charge on any atom is 0.254 e. The topological polar surface area (TPSA) is 60.2 Å². The van der Waals surface area contributed by atoms with Crippen LogP contribution < -0.4 is 4.74 Å². The monoisotopic (exact) mass is 380 g/mol. The van der Waals surface area contributed by atoms with Crippen LogP contribution in [-0.2, 0) is 0 Å². The van der Waals surface area contributed by atoms with E-state index in [4.69, 9.17) is 4.74 Å². The Bertz CT molecular complexity index is 957. The third-order valence-electron chi connectivity index (χ3n) is 5.02. The third kappa shape index (κ3) is 3.74. The molecule has 2 heterocycles. The van der Waals surface area contributed by atoms with E-state index in [-0.39, 0.29) is 17.8 Å². The van der Waals surface area contributed by atoms with E-state index in [0.717, 1.165) is 24.1 Å². The molecule has 1 aliphatic rings. The van der Waals surface area contributed by atoms with Gasteiger partial charge in [-0.05, 0) is 67.8 Å². The number of aryl methyl sites for hydroxylation is 1. The van der Waals surface area contributed by atoms with Crippen molar-refractivity contribution in [1.29, 1.82) is 0 Å². The molecule has 1 amide bonds. The number of hydrogen-bond acceptors (Lipinski definition) is 4. The van der Waals surface area contributed by atoms with Crippen LogP contribution in [0.15, 0.2) is 55.1 Å². The van der Waals surface area contributed by atoms with Crippen LogP contribution in [0.1, 0.15) is 28.8 Å². The quantitative estimate of drug-likeness (QED) is 0.681. The Morgan fingerprint density at radius 2 is 2.07 bits per heavy atom. The molecule has 0 unspecified atom stereocenters. The zero-order valence-electron chi connectivity index (χ0n) is 15.6. The number of carbonyl (C=O) groups is 1. The zero-order chi connectivity index (χ0) is 19.5. The van der Waals surface area contributed by atoms with Crippen LogP contribution in [0.5, 0.6) is 5.75 Å². The van der Waals surface area contributed by atoms with Crippen molar-refractivity contribution in [3.63, 3.8) is 0 Å². The molecule has 1 fully saturated rings. The highest BCUT2D eigenvalue weighted by Crippen LogP contribution is 2.24. The van der Waals surface area contributed by atoms with Crippen LogP contribution in [0.25, 0.3) is 5.69 Å².